The van der Waals surface area contributed by atoms with Crippen molar-refractivity contribution >= 4 is 21.2 Å². The summed E-state index contributed by atoms with van der Waals surface area (Å²) in [6.45, 7) is 0. The summed E-state index contributed by atoms with van der Waals surface area (Å²) in [5.74, 6) is 1.76. The van der Waals surface area contributed by atoms with Crippen molar-refractivity contribution < 1.29 is 0 Å². The Bertz CT molecular complexity index is 412. The van der Waals surface area contributed by atoms with E-state index in [1.54, 1.807) is 15.5 Å². The Morgan fingerprint density at radius 1 is 0.737 bits per heavy atom. The first-order chi connectivity index (χ1) is 9.36. The van der Waals surface area contributed by atoms with Gasteiger partial charge in [-0.15, -0.1) is 0 Å². The third-order valence-corrected chi connectivity index (χ3v) is 6.29. The molecule has 0 radical (unpaired) electrons. The zero-order valence-electron chi connectivity index (χ0n) is 12.0. The van der Waals surface area contributed by atoms with Gasteiger partial charge in [0.25, 0.3) is 0 Å². The second-order valence-corrected chi connectivity index (χ2v) is 7.83. The van der Waals surface area contributed by atoms with Crippen molar-refractivity contribution in [2.24, 2.45) is 0 Å². The van der Waals surface area contributed by atoms with Crippen LogP contribution in [0.3, 0.4) is 0 Å². The standard InChI is InChI=1S/C18H27As/c19-17-13-7-12-16(14-8-3-1-4-9-14)18(17)15-10-5-2-6-11-15/h7,12-15H,1-6,8-11,19H2. The number of rotatable bonds is 2. The summed E-state index contributed by atoms with van der Waals surface area (Å²) in [5.41, 5.74) is 3.53. The third kappa shape index (κ3) is 3.10. The first-order valence-electron chi connectivity index (χ1n) is 8.24. The van der Waals surface area contributed by atoms with Crippen LogP contribution in [-0.4, -0.2) is 16.9 Å². The van der Waals surface area contributed by atoms with Crippen LogP contribution in [0.2, 0.25) is 0 Å². The van der Waals surface area contributed by atoms with Crippen LogP contribution in [0.1, 0.15) is 87.2 Å². The molecule has 0 spiro atoms. The topological polar surface area (TPSA) is 0 Å². The summed E-state index contributed by atoms with van der Waals surface area (Å²) in [7, 11) is 0. The molecule has 3 rings (SSSR count). The predicted molar refractivity (Wildman–Crippen MR) is 86.3 cm³/mol. The van der Waals surface area contributed by atoms with E-state index >= 15 is 0 Å². The van der Waals surface area contributed by atoms with Crippen molar-refractivity contribution in [3.05, 3.63) is 29.3 Å². The van der Waals surface area contributed by atoms with Crippen molar-refractivity contribution in [2.45, 2.75) is 76.0 Å². The second-order valence-electron chi connectivity index (χ2n) is 6.52. The van der Waals surface area contributed by atoms with Crippen molar-refractivity contribution in [1.82, 2.24) is 0 Å². The molecular weight excluding hydrogens is 291 g/mol. The Balaban J connectivity index is 1.91. The van der Waals surface area contributed by atoms with Crippen LogP contribution in [0.25, 0.3) is 0 Å². The molecule has 2 aliphatic rings. The van der Waals surface area contributed by atoms with E-state index in [0.29, 0.717) is 0 Å². The third-order valence-electron chi connectivity index (χ3n) is 5.23. The van der Waals surface area contributed by atoms with Gasteiger partial charge in [0, 0.05) is 0 Å². The molecule has 0 saturated heterocycles. The van der Waals surface area contributed by atoms with E-state index in [2.05, 4.69) is 18.2 Å². The molecule has 104 valence electrons. The minimum atomic E-state index is 0.876. The summed E-state index contributed by atoms with van der Waals surface area (Å²) in [6, 6.07) is 7.15. The molecule has 0 heterocycles. The molecule has 2 saturated carbocycles. The Morgan fingerprint density at radius 2 is 1.32 bits per heavy atom. The molecule has 0 bridgehead atoms. The fraction of sp³-hybridized carbons (Fsp3) is 0.667. The molecule has 1 aromatic carbocycles. The first-order valence-corrected chi connectivity index (χ1v) is 9.45. The molecular formula is C18H27As. The van der Waals surface area contributed by atoms with Gasteiger partial charge < -0.3 is 0 Å². The molecule has 0 amide bonds. The van der Waals surface area contributed by atoms with Crippen molar-refractivity contribution in [2.75, 3.05) is 0 Å². The van der Waals surface area contributed by atoms with Crippen LogP contribution in [-0.2, 0) is 0 Å². The van der Waals surface area contributed by atoms with E-state index in [4.69, 9.17) is 0 Å². The number of benzene rings is 1. The van der Waals surface area contributed by atoms with E-state index in [1.807, 2.05) is 16.9 Å². The van der Waals surface area contributed by atoms with Gasteiger partial charge in [0.2, 0.25) is 0 Å². The minimum absolute atomic E-state index is 0.876. The molecule has 2 fully saturated rings. The molecule has 1 aromatic rings. The van der Waals surface area contributed by atoms with E-state index in [-0.39, 0.29) is 0 Å². The van der Waals surface area contributed by atoms with Crippen molar-refractivity contribution in [3.8, 4) is 0 Å². The van der Waals surface area contributed by atoms with E-state index in [1.165, 1.54) is 64.2 Å². The molecule has 2 aliphatic carbocycles. The van der Waals surface area contributed by atoms with Gasteiger partial charge in [-0.2, -0.15) is 0 Å². The monoisotopic (exact) mass is 318 g/mol. The van der Waals surface area contributed by atoms with Gasteiger partial charge in [0.15, 0.2) is 0 Å². The fourth-order valence-corrected chi connectivity index (χ4v) is 5.31. The van der Waals surface area contributed by atoms with Gasteiger partial charge in [0.1, 0.15) is 0 Å². The van der Waals surface area contributed by atoms with Crippen molar-refractivity contribution in [1.29, 1.82) is 0 Å². The maximum atomic E-state index is 2.46. The van der Waals surface area contributed by atoms with Gasteiger partial charge >= 0.3 is 127 Å². The normalized spacial score (nSPS) is 22.6. The maximum absolute atomic E-state index is 2.46. The summed E-state index contributed by atoms with van der Waals surface area (Å²) in [5, 5.41) is 0. The molecule has 19 heavy (non-hydrogen) atoms. The fourth-order valence-electron chi connectivity index (χ4n) is 4.23. The summed E-state index contributed by atoms with van der Waals surface area (Å²) < 4.78 is 1.63. The van der Waals surface area contributed by atoms with E-state index in [0.717, 1.165) is 11.8 Å². The summed E-state index contributed by atoms with van der Waals surface area (Å²) >= 11 is 1.84. The number of hydrogen-bond acceptors (Lipinski definition) is 0. The molecule has 0 nitrogen and oxygen atoms in total. The van der Waals surface area contributed by atoms with Crippen LogP contribution in [0.4, 0.5) is 0 Å². The molecule has 0 aliphatic heterocycles. The molecule has 1 heteroatoms. The summed E-state index contributed by atoms with van der Waals surface area (Å²) in [4.78, 5) is 0. The van der Waals surface area contributed by atoms with Crippen molar-refractivity contribution in [3.63, 3.8) is 0 Å². The quantitative estimate of drug-likeness (QED) is 0.722. The molecule has 0 aromatic heterocycles. The van der Waals surface area contributed by atoms with Gasteiger partial charge in [-0.3, -0.25) is 0 Å². The van der Waals surface area contributed by atoms with Crippen LogP contribution < -0.4 is 4.35 Å². The molecule has 0 N–H and O–H groups in total. The molecule has 1 unspecified atom stereocenters. The van der Waals surface area contributed by atoms with Crippen LogP contribution in [0.15, 0.2) is 18.2 Å². The van der Waals surface area contributed by atoms with Crippen LogP contribution in [0, 0.1) is 0 Å². The van der Waals surface area contributed by atoms with Gasteiger partial charge in [-0.05, 0) is 0 Å². The van der Waals surface area contributed by atoms with Crippen LogP contribution >= 0.6 is 0 Å². The average Bonchev–Trinajstić information content (AvgIpc) is 2.49. The number of hydrogen-bond donors (Lipinski definition) is 0. The Labute approximate surface area is 126 Å². The van der Waals surface area contributed by atoms with E-state index < -0.39 is 0 Å². The SMILES string of the molecule is [AsH2]c1cccc(C2CCCCC2)c1C1CCCCC1. The zero-order valence-corrected chi connectivity index (χ0v) is 14.5. The van der Waals surface area contributed by atoms with Gasteiger partial charge in [0.05, 0.1) is 0 Å². The first kappa shape index (κ1) is 13.7. The second kappa shape index (κ2) is 6.49. The van der Waals surface area contributed by atoms with E-state index in [9.17, 15) is 0 Å². The van der Waals surface area contributed by atoms with Gasteiger partial charge in [-0.1, -0.05) is 0 Å². The van der Waals surface area contributed by atoms with Gasteiger partial charge in [-0.25, -0.2) is 0 Å². The Kier molecular flexibility index (Phi) is 4.69. The Hall–Kier alpha value is -0.222. The molecule has 1 atom stereocenters. The predicted octanol–water partition coefficient (Wildman–Crippen LogP) is 4.04. The average molecular weight is 318 g/mol. The Morgan fingerprint density at radius 3 is 1.95 bits per heavy atom. The summed E-state index contributed by atoms with van der Waals surface area (Å²) in [6.07, 6.45) is 14.5. The van der Waals surface area contributed by atoms with Crippen LogP contribution in [0.5, 0.6) is 0 Å². The zero-order chi connectivity index (χ0) is 13.1.